The highest BCUT2D eigenvalue weighted by Gasteiger charge is 2.05. The second-order valence-electron chi connectivity index (χ2n) is 3.92. The molecule has 0 aliphatic carbocycles. The lowest BCUT2D eigenvalue weighted by Gasteiger charge is -2.03. The van der Waals surface area contributed by atoms with Crippen molar-refractivity contribution in [2.24, 2.45) is 4.99 Å². The van der Waals surface area contributed by atoms with E-state index in [4.69, 9.17) is 0 Å². The van der Waals surface area contributed by atoms with Gasteiger partial charge in [-0.1, -0.05) is 34.1 Å². The normalized spacial score (nSPS) is 11.1. The van der Waals surface area contributed by atoms with Gasteiger partial charge < -0.3 is 10.2 Å². The van der Waals surface area contributed by atoms with Crippen LogP contribution in [0.5, 0.6) is 11.5 Å². The first kappa shape index (κ1) is 14.1. The van der Waals surface area contributed by atoms with Gasteiger partial charge in [0.25, 0.3) is 0 Å². The van der Waals surface area contributed by atoms with E-state index in [2.05, 4.69) is 36.9 Å². The summed E-state index contributed by atoms with van der Waals surface area (Å²) in [4.78, 5) is 4.23. The van der Waals surface area contributed by atoms with Crippen molar-refractivity contribution in [2.75, 3.05) is 0 Å². The minimum Gasteiger partial charge on any atom is -0.508 e. The van der Waals surface area contributed by atoms with Gasteiger partial charge >= 0.3 is 0 Å². The summed E-state index contributed by atoms with van der Waals surface area (Å²) in [5, 5.41) is 19.5. The Hall–Kier alpha value is -1.33. The molecule has 0 bridgehead atoms. The lowest BCUT2D eigenvalue weighted by Crippen LogP contribution is -1.87. The second kappa shape index (κ2) is 6.21. The zero-order chi connectivity index (χ0) is 13.8. The molecule has 0 radical (unpaired) electrons. The van der Waals surface area contributed by atoms with Gasteiger partial charge in [-0.3, -0.25) is 4.99 Å². The van der Waals surface area contributed by atoms with Crippen LogP contribution >= 0.6 is 31.9 Å². The molecule has 0 saturated carbocycles. The number of phenols is 2. The summed E-state index contributed by atoms with van der Waals surface area (Å²) in [5.41, 5.74) is 1.35. The summed E-state index contributed by atoms with van der Waals surface area (Å²) in [6, 6.07) is 10.6. The Kier molecular flexibility index (Phi) is 4.61. The summed E-state index contributed by atoms with van der Waals surface area (Å²) in [5.74, 6) is 0.364. The third-order valence-electron chi connectivity index (χ3n) is 2.54. The molecule has 0 heterocycles. The van der Waals surface area contributed by atoms with E-state index < -0.39 is 0 Å². The van der Waals surface area contributed by atoms with E-state index in [1.807, 2.05) is 12.1 Å². The molecule has 2 aromatic carbocycles. The maximum atomic E-state index is 9.87. The summed E-state index contributed by atoms with van der Waals surface area (Å²) in [6.07, 6.45) is 1.58. The molecule has 0 amide bonds. The Bertz CT molecular complexity index is 627. The van der Waals surface area contributed by atoms with E-state index in [9.17, 15) is 10.2 Å². The summed E-state index contributed by atoms with van der Waals surface area (Å²) >= 11 is 6.62. The molecule has 0 atom stereocenters. The number of para-hydroxylation sites is 1. The molecule has 2 aromatic rings. The van der Waals surface area contributed by atoms with Crippen LogP contribution in [0.3, 0.4) is 0 Å². The number of aliphatic imine (C=N–C) groups is 1. The Morgan fingerprint density at radius 3 is 2.58 bits per heavy atom. The number of hydrogen-bond donors (Lipinski definition) is 2. The average Bonchev–Trinajstić information content (AvgIpc) is 2.37. The molecular weight excluding hydrogens is 374 g/mol. The second-order valence-corrected chi connectivity index (χ2v) is 5.69. The van der Waals surface area contributed by atoms with Crippen LogP contribution in [0.2, 0.25) is 0 Å². The van der Waals surface area contributed by atoms with Crippen LogP contribution in [0.25, 0.3) is 0 Å². The maximum absolute atomic E-state index is 9.87. The van der Waals surface area contributed by atoms with Crippen molar-refractivity contribution < 1.29 is 10.2 Å². The van der Waals surface area contributed by atoms with Crippen molar-refractivity contribution in [3.05, 3.63) is 56.5 Å². The smallest absolute Gasteiger partial charge is 0.138 e. The Balaban J connectivity index is 2.18. The molecule has 0 aliphatic heterocycles. The van der Waals surface area contributed by atoms with Gasteiger partial charge in [-0.05, 0) is 34.1 Å². The molecule has 0 spiro atoms. The standard InChI is InChI=1S/C14H11Br2NO2/c15-11-5-10(14(19)12(16)6-11)8-17-7-9-3-1-2-4-13(9)18/h1-6,8,18-19H,7H2. The quantitative estimate of drug-likeness (QED) is 0.777. The number of hydrogen-bond acceptors (Lipinski definition) is 3. The third kappa shape index (κ3) is 3.58. The first-order valence-electron chi connectivity index (χ1n) is 5.52. The topological polar surface area (TPSA) is 52.8 Å². The van der Waals surface area contributed by atoms with Gasteiger partial charge in [0.2, 0.25) is 0 Å². The summed E-state index contributed by atoms with van der Waals surface area (Å²) < 4.78 is 1.45. The van der Waals surface area contributed by atoms with Gasteiger partial charge in [-0.25, -0.2) is 0 Å². The Morgan fingerprint density at radius 2 is 1.84 bits per heavy atom. The van der Waals surface area contributed by atoms with Gasteiger partial charge in [-0.15, -0.1) is 0 Å². The van der Waals surface area contributed by atoms with Crippen LogP contribution in [0.4, 0.5) is 0 Å². The van der Waals surface area contributed by atoms with Crippen molar-refractivity contribution in [3.63, 3.8) is 0 Å². The molecule has 3 nitrogen and oxygen atoms in total. The fraction of sp³-hybridized carbons (Fsp3) is 0.0714. The lowest BCUT2D eigenvalue weighted by atomic mass is 10.2. The molecule has 2 N–H and O–H groups in total. The van der Waals surface area contributed by atoms with Crippen LogP contribution in [-0.4, -0.2) is 16.4 Å². The fourth-order valence-electron chi connectivity index (χ4n) is 1.57. The third-order valence-corrected chi connectivity index (χ3v) is 3.60. The van der Waals surface area contributed by atoms with Crippen molar-refractivity contribution in [2.45, 2.75) is 6.54 Å². The number of aromatic hydroxyl groups is 2. The number of halogens is 2. The highest BCUT2D eigenvalue weighted by Crippen LogP contribution is 2.30. The molecule has 0 aromatic heterocycles. The highest BCUT2D eigenvalue weighted by molar-refractivity contribution is 9.11. The monoisotopic (exact) mass is 383 g/mol. The Labute approximate surface area is 127 Å². The predicted molar refractivity (Wildman–Crippen MR) is 82.9 cm³/mol. The number of rotatable bonds is 3. The van der Waals surface area contributed by atoms with Crippen molar-refractivity contribution in [1.29, 1.82) is 0 Å². The summed E-state index contributed by atoms with van der Waals surface area (Å²) in [6.45, 7) is 0.357. The molecule has 0 aliphatic rings. The van der Waals surface area contributed by atoms with E-state index in [0.29, 0.717) is 16.6 Å². The maximum Gasteiger partial charge on any atom is 0.138 e. The SMILES string of the molecule is Oc1ccccc1CN=Cc1cc(Br)cc(Br)c1O. The largest absolute Gasteiger partial charge is 0.508 e. The first-order chi connectivity index (χ1) is 9.08. The van der Waals surface area contributed by atoms with Crippen molar-refractivity contribution >= 4 is 38.1 Å². The lowest BCUT2D eigenvalue weighted by molar-refractivity contribution is 0.468. The molecule has 0 fully saturated rings. The first-order valence-corrected chi connectivity index (χ1v) is 7.11. The molecule has 0 saturated heterocycles. The molecule has 0 unspecified atom stereocenters. The van der Waals surface area contributed by atoms with Gasteiger partial charge in [-0.2, -0.15) is 0 Å². The van der Waals surface area contributed by atoms with Gasteiger partial charge in [0.15, 0.2) is 0 Å². The molecule has 2 rings (SSSR count). The molecule has 98 valence electrons. The van der Waals surface area contributed by atoms with E-state index in [0.717, 1.165) is 10.0 Å². The number of nitrogens with zero attached hydrogens (tertiary/aromatic N) is 1. The van der Waals surface area contributed by atoms with Gasteiger partial charge in [0, 0.05) is 21.8 Å². The number of benzene rings is 2. The van der Waals surface area contributed by atoms with Gasteiger partial charge in [0.05, 0.1) is 11.0 Å². The fourth-order valence-corrected chi connectivity index (χ4v) is 2.83. The van der Waals surface area contributed by atoms with Gasteiger partial charge in [0.1, 0.15) is 11.5 Å². The van der Waals surface area contributed by atoms with Crippen LogP contribution in [0, 0.1) is 0 Å². The van der Waals surface area contributed by atoms with Crippen molar-refractivity contribution in [3.8, 4) is 11.5 Å². The van der Waals surface area contributed by atoms with E-state index >= 15 is 0 Å². The van der Waals surface area contributed by atoms with Crippen LogP contribution in [0.15, 0.2) is 50.3 Å². The van der Waals surface area contributed by atoms with Crippen LogP contribution < -0.4 is 0 Å². The molecule has 5 heteroatoms. The number of phenolic OH excluding ortho intramolecular Hbond substituents is 2. The van der Waals surface area contributed by atoms with E-state index in [-0.39, 0.29) is 11.5 Å². The Morgan fingerprint density at radius 1 is 1.11 bits per heavy atom. The molecular formula is C14H11Br2NO2. The van der Waals surface area contributed by atoms with E-state index in [1.165, 1.54) is 0 Å². The zero-order valence-electron chi connectivity index (χ0n) is 9.85. The minimum absolute atomic E-state index is 0.143. The average molecular weight is 385 g/mol. The predicted octanol–water partition coefficient (Wildman–Crippen LogP) is 4.24. The summed E-state index contributed by atoms with van der Waals surface area (Å²) in [7, 11) is 0. The van der Waals surface area contributed by atoms with E-state index in [1.54, 1.807) is 30.5 Å². The zero-order valence-corrected chi connectivity index (χ0v) is 13.0. The van der Waals surface area contributed by atoms with Crippen LogP contribution in [-0.2, 0) is 6.54 Å². The highest BCUT2D eigenvalue weighted by atomic mass is 79.9. The molecule has 19 heavy (non-hydrogen) atoms. The van der Waals surface area contributed by atoms with Crippen LogP contribution in [0.1, 0.15) is 11.1 Å². The minimum atomic E-state index is 0.143. The van der Waals surface area contributed by atoms with Crippen molar-refractivity contribution in [1.82, 2.24) is 0 Å².